The summed E-state index contributed by atoms with van der Waals surface area (Å²) in [7, 11) is 0. The Bertz CT molecular complexity index is 361. The molecule has 0 radical (unpaired) electrons. The highest BCUT2D eigenvalue weighted by molar-refractivity contribution is 5.92. The van der Waals surface area contributed by atoms with Crippen molar-refractivity contribution >= 4 is 18.6 Å². The van der Waals surface area contributed by atoms with Gasteiger partial charge in [0.1, 0.15) is 6.34 Å². The molecule has 0 saturated heterocycles. The Morgan fingerprint density at radius 2 is 2.00 bits per heavy atom. The van der Waals surface area contributed by atoms with Crippen LogP contribution in [0.5, 0.6) is 0 Å². The third kappa shape index (κ3) is 2.12. The largest absolute Gasteiger partial charge is 0.269 e. The van der Waals surface area contributed by atoms with Gasteiger partial charge in [0.05, 0.1) is 6.54 Å². The summed E-state index contributed by atoms with van der Waals surface area (Å²) in [6, 6.07) is 10.2. The number of rotatable bonds is 1. The maximum absolute atomic E-state index is 4.06. The Morgan fingerprint density at radius 1 is 1.15 bits per heavy atom. The van der Waals surface area contributed by atoms with E-state index in [0.29, 0.717) is 0 Å². The van der Waals surface area contributed by atoms with Crippen LogP contribution < -0.4 is 0 Å². The molecule has 0 atom stereocenters. The van der Waals surface area contributed by atoms with E-state index < -0.39 is 0 Å². The first kappa shape index (κ1) is 7.92. The number of hydrogen-bond donors (Lipinski definition) is 0. The minimum absolute atomic E-state index is 0.735. The van der Waals surface area contributed by atoms with E-state index in [1.165, 1.54) is 5.56 Å². The van der Waals surface area contributed by atoms with Crippen LogP contribution in [0.15, 0.2) is 45.9 Å². The Morgan fingerprint density at radius 3 is 2.69 bits per heavy atom. The van der Waals surface area contributed by atoms with Gasteiger partial charge in [-0.05, 0) is 17.2 Å². The predicted molar refractivity (Wildman–Crippen MR) is 56.3 cm³/mol. The van der Waals surface area contributed by atoms with Crippen molar-refractivity contribution in [3.8, 4) is 0 Å². The van der Waals surface area contributed by atoms with E-state index in [2.05, 4.69) is 28.2 Å². The molecule has 0 aromatic heterocycles. The molecule has 0 fully saturated rings. The second kappa shape index (κ2) is 3.81. The number of hydrogen-bond acceptors (Lipinski definition) is 2. The maximum atomic E-state index is 4.06. The molecule has 13 heavy (non-hydrogen) atoms. The van der Waals surface area contributed by atoms with Crippen LogP contribution in [0.25, 0.3) is 6.08 Å². The molecule has 2 nitrogen and oxygen atoms in total. The molecular formula is C11H10N2. The summed E-state index contributed by atoms with van der Waals surface area (Å²) in [5, 5.41) is 0. The molecule has 0 bridgehead atoms. The van der Waals surface area contributed by atoms with E-state index in [-0.39, 0.29) is 0 Å². The lowest BCUT2D eigenvalue weighted by molar-refractivity contribution is 1.20. The molecule has 1 aromatic rings. The molecule has 1 aliphatic heterocycles. The smallest absolute Gasteiger partial charge is 0.110 e. The third-order valence-electron chi connectivity index (χ3n) is 1.81. The fraction of sp³-hybridized carbons (Fsp3) is 0.0909. The highest BCUT2D eigenvalue weighted by atomic mass is 14.9. The summed E-state index contributed by atoms with van der Waals surface area (Å²) in [5.74, 6) is 0. The normalized spacial score (nSPS) is 18.0. The van der Waals surface area contributed by atoms with Crippen molar-refractivity contribution in [2.45, 2.75) is 0 Å². The highest BCUT2D eigenvalue weighted by Crippen LogP contribution is 2.06. The van der Waals surface area contributed by atoms with Crippen molar-refractivity contribution in [2.75, 3.05) is 6.54 Å². The number of aliphatic imine (C=N–C) groups is 2. The molecule has 0 spiro atoms. The van der Waals surface area contributed by atoms with Gasteiger partial charge in [0.2, 0.25) is 0 Å². The van der Waals surface area contributed by atoms with Gasteiger partial charge in [-0.2, -0.15) is 0 Å². The number of benzene rings is 1. The summed E-state index contributed by atoms with van der Waals surface area (Å²) in [4.78, 5) is 8.03. The SMILES string of the molecule is C1=NC=NCC1=Cc1ccccc1. The van der Waals surface area contributed by atoms with Gasteiger partial charge in [-0.1, -0.05) is 30.3 Å². The fourth-order valence-corrected chi connectivity index (χ4v) is 1.21. The monoisotopic (exact) mass is 170 g/mol. The summed E-state index contributed by atoms with van der Waals surface area (Å²) < 4.78 is 0. The lowest BCUT2D eigenvalue weighted by atomic mass is 10.1. The van der Waals surface area contributed by atoms with Crippen LogP contribution >= 0.6 is 0 Å². The molecule has 0 unspecified atom stereocenters. The van der Waals surface area contributed by atoms with Crippen LogP contribution in [-0.2, 0) is 0 Å². The second-order valence-corrected chi connectivity index (χ2v) is 2.86. The van der Waals surface area contributed by atoms with E-state index >= 15 is 0 Å². The highest BCUT2D eigenvalue weighted by Gasteiger charge is 1.95. The van der Waals surface area contributed by atoms with Gasteiger partial charge in [-0.25, -0.2) is 4.99 Å². The minimum Gasteiger partial charge on any atom is -0.269 e. The lowest BCUT2D eigenvalue weighted by Crippen LogP contribution is -1.95. The summed E-state index contributed by atoms with van der Waals surface area (Å²) >= 11 is 0. The van der Waals surface area contributed by atoms with Crippen LogP contribution in [0.3, 0.4) is 0 Å². The topological polar surface area (TPSA) is 24.7 Å². The predicted octanol–water partition coefficient (Wildman–Crippen LogP) is 2.18. The van der Waals surface area contributed by atoms with E-state index in [1.54, 1.807) is 6.34 Å². The van der Waals surface area contributed by atoms with Gasteiger partial charge < -0.3 is 0 Å². The zero-order chi connectivity index (χ0) is 8.93. The van der Waals surface area contributed by atoms with Crippen molar-refractivity contribution in [1.29, 1.82) is 0 Å². The van der Waals surface area contributed by atoms with Gasteiger partial charge in [0.15, 0.2) is 0 Å². The van der Waals surface area contributed by atoms with E-state index in [1.807, 2.05) is 24.4 Å². The Kier molecular flexibility index (Phi) is 2.32. The van der Waals surface area contributed by atoms with Gasteiger partial charge in [0, 0.05) is 6.21 Å². The van der Waals surface area contributed by atoms with Gasteiger partial charge in [-0.15, -0.1) is 0 Å². The molecule has 0 saturated carbocycles. The Labute approximate surface area is 77.4 Å². The molecule has 1 heterocycles. The molecule has 2 rings (SSSR count). The fourth-order valence-electron chi connectivity index (χ4n) is 1.21. The van der Waals surface area contributed by atoms with Crippen LogP contribution in [-0.4, -0.2) is 19.1 Å². The quantitative estimate of drug-likeness (QED) is 0.617. The molecule has 1 aromatic carbocycles. The van der Waals surface area contributed by atoms with E-state index in [9.17, 15) is 0 Å². The standard InChI is InChI=1S/C11H10N2/c1-2-4-10(5-3-1)6-11-7-12-9-13-8-11/h1-7,9H,8H2. The molecule has 1 aliphatic rings. The van der Waals surface area contributed by atoms with Crippen molar-refractivity contribution < 1.29 is 0 Å². The Balaban J connectivity index is 2.21. The van der Waals surface area contributed by atoms with E-state index in [4.69, 9.17) is 0 Å². The van der Waals surface area contributed by atoms with Crippen molar-refractivity contribution in [2.24, 2.45) is 9.98 Å². The molecule has 64 valence electrons. The van der Waals surface area contributed by atoms with Crippen molar-refractivity contribution in [1.82, 2.24) is 0 Å². The molecule has 0 aliphatic carbocycles. The first-order valence-corrected chi connectivity index (χ1v) is 4.22. The van der Waals surface area contributed by atoms with Crippen LogP contribution in [0.4, 0.5) is 0 Å². The zero-order valence-electron chi connectivity index (χ0n) is 7.22. The molecule has 0 amide bonds. The van der Waals surface area contributed by atoms with Crippen molar-refractivity contribution in [3.63, 3.8) is 0 Å². The third-order valence-corrected chi connectivity index (χ3v) is 1.81. The molecule has 2 heteroatoms. The van der Waals surface area contributed by atoms with Crippen LogP contribution in [0, 0.1) is 0 Å². The van der Waals surface area contributed by atoms with Gasteiger partial charge in [0.25, 0.3) is 0 Å². The van der Waals surface area contributed by atoms with Gasteiger partial charge >= 0.3 is 0 Å². The van der Waals surface area contributed by atoms with Crippen LogP contribution in [0.2, 0.25) is 0 Å². The summed E-state index contributed by atoms with van der Waals surface area (Å²) in [6.07, 6.45) is 5.53. The van der Waals surface area contributed by atoms with E-state index in [0.717, 1.165) is 12.1 Å². The lowest BCUT2D eigenvalue weighted by Gasteiger charge is -2.00. The molecule has 0 N–H and O–H groups in total. The average Bonchev–Trinajstić information content (AvgIpc) is 2.21. The maximum Gasteiger partial charge on any atom is 0.110 e. The van der Waals surface area contributed by atoms with Crippen molar-refractivity contribution in [3.05, 3.63) is 41.5 Å². The summed E-state index contributed by atoms with van der Waals surface area (Å²) in [5.41, 5.74) is 2.34. The number of nitrogens with zero attached hydrogens (tertiary/aromatic N) is 2. The average molecular weight is 170 g/mol. The zero-order valence-corrected chi connectivity index (χ0v) is 7.22. The van der Waals surface area contributed by atoms with Crippen LogP contribution in [0.1, 0.15) is 5.56 Å². The minimum atomic E-state index is 0.735. The first-order valence-electron chi connectivity index (χ1n) is 4.22. The summed E-state index contributed by atoms with van der Waals surface area (Å²) in [6.45, 7) is 0.735. The molecular weight excluding hydrogens is 160 g/mol. The Hall–Kier alpha value is -1.70. The van der Waals surface area contributed by atoms with Gasteiger partial charge in [-0.3, -0.25) is 4.99 Å². The second-order valence-electron chi connectivity index (χ2n) is 2.86. The first-order chi connectivity index (χ1) is 6.45.